The number of carbonyl (C=O) groups is 3. The lowest BCUT2D eigenvalue weighted by Gasteiger charge is -2.20. The van der Waals surface area contributed by atoms with Crippen molar-refractivity contribution in [2.75, 3.05) is 20.1 Å². The van der Waals surface area contributed by atoms with Crippen LogP contribution in [-0.4, -0.2) is 48.4 Å². The quantitative estimate of drug-likeness (QED) is 0.722. The van der Waals surface area contributed by atoms with Gasteiger partial charge in [0.05, 0.1) is 13.0 Å². The molecule has 110 valence electrons. The molecule has 0 atom stereocenters. The van der Waals surface area contributed by atoms with Crippen LogP contribution in [0.3, 0.4) is 0 Å². The maximum Gasteiger partial charge on any atom is 0.306 e. The van der Waals surface area contributed by atoms with Crippen LogP contribution in [0.5, 0.6) is 0 Å². The lowest BCUT2D eigenvalue weighted by molar-refractivity contribution is -0.156. The zero-order valence-corrected chi connectivity index (χ0v) is 12.4. The van der Waals surface area contributed by atoms with Crippen molar-refractivity contribution in [2.45, 2.75) is 46.1 Å². The Morgan fingerprint density at radius 3 is 2.21 bits per heavy atom. The first-order valence-electron chi connectivity index (χ1n) is 6.38. The Kier molecular flexibility index (Phi) is 7.11. The van der Waals surface area contributed by atoms with Crippen molar-refractivity contribution >= 4 is 17.8 Å². The van der Waals surface area contributed by atoms with Crippen LogP contribution in [0.15, 0.2) is 0 Å². The van der Waals surface area contributed by atoms with E-state index in [2.05, 4.69) is 5.32 Å². The van der Waals surface area contributed by atoms with Gasteiger partial charge in [0.15, 0.2) is 0 Å². The zero-order chi connectivity index (χ0) is 15.1. The molecule has 0 aromatic heterocycles. The van der Waals surface area contributed by atoms with Crippen molar-refractivity contribution in [3.05, 3.63) is 0 Å². The fourth-order valence-corrected chi connectivity index (χ4v) is 1.35. The summed E-state index contributed by atoms with van der Waals surface area (Å²) in [6, 6.07) is 0. The van der Waals surface area contributed by atoms with E-state index in [4.69, 9.17) is 4.74 Å². The largest absolute Gasteiger partial charge is 0.460 e. The van der Waals surface area contributed by atoms with Gasteiger partial charge in [0.1, 0.15) is 5.60 Å². The van der Waals surface area contributed by atoms with Crippen LogP contribution < -0.4 is 5.32 Å². The number of esters is 1. The molecule has 0 radical (unpaired) electrons. The van der Waals surface area contributed by atoms with Gasteiger partial charge in [0.2, 0.25) is 11.8 Å². The van der Waals surface area contributed by atoms with Gasteiger partial charge in [-0.2, -0.15) is 0 Å². The van der Waals surface area contributed by atoms with E-state index in [9.17, 15) is 14.4 Å². The number of ether oxygens (including phenoxy) is 1. The third kappa shape index (κ3) is 9.04. The van der Waals surface area contributed by atoms with Gasteiger partial charge >= 0.3 is 5.97 Å². The Bertz CT molecular complexity index is 334. The second-order valence-corrected chi connectivity index (χ2v) is 5.29. The van der Waals surface area contributed by atoms with E-state index in [1.165, 1.54) is 11.9 Å². The molecule has 1 N–H and O–H groups in total. The standard InChI is InChI=1S/C13H24N2O4/c1-6-14-10(16)9-15(5)11(17)7-8-12(18)19-13(2,3)4/h6-9H2,1-5H3,(H,14,16). The molecule has 0 aliphatic carbocycles. The summed E-state index contributed by atoms with van der Waals surface area (Å²) < 4.78 is 5.10. The maximum atomic E-state index is 11.7. The Morgan fingerprint density at radius 2 is 1.74 bits per heavy atom. The average Bonchev–Trinajstić information content (AvgIpc) is 2.23. The topological polar surface area (TPSA) is 75.7 Å². The van der Waals surface area contributed by atoms with E-state index in [1.807, 2.05) is 6.92 Å². The molecule has 6 heteroatoms. The molecule has 2 amide bonds. The predicted molar refractivity (Wildman–Crippen MR) is 71.4 cm³/mol. The molecule has 6 nitrogen and oxygen atoms in total. The molecule has 0 rings (SSSR count). The second-order valence-electron chi connectivity index (χ2n) is 5.29. The van der Waals surface area contributed by atoms with Crippen LogP contribution in [0.4, 0.5) is 0 Å². The molecular weight excluding hydrogens is 248 g/mol. The Hall–Kier alpha value is -1.59. The molecule has 0 aliphatic heterocycles. The molecule has 0 bridgehead atoms. The molecule has 0 heterocycles. The third-order valence-electron chi connectivity index (χ3n) is 2.14. The number of hydrogen-bond donors (Lipinski definition) is 1. The summed E-state index contributed by atoms with van der Waals surface area (Å²) in [4.78, 5) is 35.7. The van der Waals surface area contributed by atoms with Gasteiger partial charge in [-0.25, -0.2) is 0 Å². The first-order valence-corrected chi connectivity index (χ1v) is 6.38. The van der Waals surface area contributed by atoms with Crippen LogP contribution in [-0.2, 0) is 19.1 Å². The van der Waals surface area contributed by atoms with Crippen LogP contribution >= 0.6 is 0 Å². The minimum absolute atomic E-state index is 0.000984. The highest BCUT2D eigenvalue weighted by Gasteiger charge is 2.18. The number of nitrogens with one attached hydrogen (secondary N) is 1. The first-order chi connectivity index (χ1) is 8.65. The van der Waals surface area contributed by atoms with Crippen LogP contribution in [0.25, 0.3) is 0 Å². The normalized spacial score (nSPS) is 10.8. The second kappa shape index (κ2) is 7.76. The minimum atomic E-state index is -0.549. The van der Waals surface area contributed by atoms with E-state index >= 15 is 0 Å². The molecule has 0 spiro atoms. The molecule has 0 saturated carbocycles. The van der Waals surface area contributed by atoms with E-state index in [0.29, 0.717) is 6.54 Å². The van der Waals surface area contributed by atoms with E-state index in [-0.39, 0.29) is 31.2 Å². The molecule has 0 aromatic rings. The molecule has 19 heavy (non-hydrogen) atoms. The highest BCUT2D eigenvalue weighted by atomic mass is 16.6. The number of likely N-dealkylation sites (N-methyl/N-ethyl adjacent to an activating group) is 2. The summed E-state index contributed by atoms with van der Waals surface area (Å²) >= 11 is 0. The summed E-state index contributed by atoms with van der Waals surface area (Å²) in [5.41, 5.74) is -0.549. The molecule has 0 aromatic carbocycles. The SMILES string of the molecule is CCNC(=O)CN(C)C(=O)CCC(=O)OC(C)(C)C. The summed E-state index contributed by atoms with van der Waals surface area (Å²) in [5, 5.41) is 2.60. The minimum Gasteiger partial charge on any atom is -0.460 e. The van der Waals surface area contributed by atoms with Crippen molar-refractivity contribution in [1.82, 2.24) is 10.2 Å². The van der Waals surface area contributed by atoms with Gasteiger partial charge in [0.25, 0.3) is 0 Å². The van der Waals surface area contributed by atoms with Crippen LogP contribution in [0.1, 0.15) is 40.5 Å². The predicted octanol–water partition coefficient (Wildman–Crippen LogP) is 0.703. The summed E-state index contributed by atoms with van der Waals surface area (Å²) in [6.45, 7) is 7.65. The Labute approximate surface area is 114 Å². The zero-order valence-electron chi connectivity index (χ0n) is 12.4. The highest BCUT2D eigenvalue weighted by Crippen LogP contribution is 2.09. The molecule has 0 fully saturated rings. The van der Waals surface area contributed by atoms with Crippen molar-refractivity contribution < 1.29 is 19.1 Å². The fraction of sp³-hybridized carbons (Fsp3) is 0.769. The van der Waals surface area contributed by atoms with E-state index < -0.39 is 11.6 Å². The smallest absolute Gasteiger partial charge is 0.306 e. The van der Waals surface area contributed by atoms with Crippen molar-refractivity contribution in [2.24, 2.45) is 0 Å². The lowest BCUT2D eigenvalue weighted by atomic mass is 10.2. The number of carbonyl (C=O) groups excluding carboxylic acids is 3. The average molecular weight is 272 g/mol. The highest BCUT2D eigenvalue weighted by molar-refractivity contribution is 5.86. The number of rotatable bonds is 6. The Balaban J connectivity index is 4.04. The van der Waals surface area contributed by atoms with Gasteiger partial charge in [-0.05, 0) is 27.7 Å². The first kappa shape index (κ1) is 17.4. The maximum absolute atomic E-state index is 11.7. The third-order valence-corrected chi connectivity index (χ3v) is 2.14. The summed E-state index contributed by atoms with van der Waals surface area (Å²) in [6.07, 6.45) is 0.0701. The van der Waals surface area contributed by atoms with Crippen molar-refractivity contribution in [1.29, 1.82) is 0 Å². The van der Waals surface area contributed by atoms with Crippen LogP contribution in [0, 0.1) is 0 Å². The molecule has 0 unspecified atom stereocenters. The van der Waals surface area contributed by atoms with E-state index in [0.717, 1.165) is 0 Å². The number of amides is 2. The summed E-state index contributed by atoms with van der Waals surface area (Å²) in [5.74, 6) is -0.875. The van der Waals surface area contributed by atoms with Gasteiger partial charge < -0.3 is 15.0 Å². The number of hydrogen-bond acceptors (Lipinski definition) is 4. The fourth-order valence-electron chi connectivity index (χ4n) is 1.35. The van der Waals surface area contributed by atoms with Gasteiger partial charge in [-0.15, -0.1) is 0 Å². The molecule has 0 saturated heterocycles. The van der Waals surface area contributed by atoms with Gasteiger partial charge in [-0.3, -0.25) is 14.4 Å². The molecular formula is C13H24N2O4. The lowest BCUT2D eigenvalue weighted by Crippen LogP contribution is -2.38. The monoisotopic (exact) mass is 272 g/mol. The molecule has 0 aliphatic rings. The van der Waals surface area contributed by atoms with Crippen LogP contribution in [0.2, 0.25) is 0 Å². The Morgan fingerprint density at radius 1 is 1.16 bits per heavy atom. The summed E-state index contributed by atoms with van der Waals surface area (Å²) in [7, 11) is 1.53. The van der Waals surface area contributed by atoms with Gasteiger partial charge in [-0.1, -0.05) is 0 Å². The van der Waals surface area contributed by atoms with Crippen molar-refractivity contribution in [3.8, 4) is 0 Å². The van der Waals surface area contributed by atoms with Gasteiger partial charge in [0, 0.05) is 20.0 Å². The van der Waals surface area contributed by atoms with E-state index in [1.54, 1.807) is 20.8 Å². The van der Waals surface area contributed by atoms with Crippen molar-refractivity contribution in [3.63, 3.8) is 0 Å². The number of nitrogens with zero attached hydrogens (tertiary/aromatic N) is 1.